The summed E-state index contributed by atoms with van der Waals surface area (Å²) < 4.78 is 81.7. The third-order valence-electron chi connectivity index (χ3n) is 6.43. The van der Waals surface area contributed by atoms with Gasteiger partial charge >= 0.3 is 12.1 Å². The van der Waals surface area contributed by atoms with E-state index in [0.717, 1.165) is 23.3 Å². The van der Waals surface area contributed by atoms with Crippen molar-refractivity contribution in [1.82, 2.24) is 0 Å². The van der Waals surface area contributed by atoms with E-state index in [2.05, 4.69) is 20.7 Å². The summed E-state index contributed by atoms with van der Waals surface area (Å²) in [6.07, 6.45) is -5.53. The molecule has 0 heterocycles. The Balaban J connectivity index is 1.49. The Hall–Kier alpha value is -4.61. The van der Waals surface area contributed by atoms with Gasteiger partial charge in [0.15, 0.2) is 11.9 Å². The Morgan fingerprint density at radius 1 is 0.727 bits per heavy atom. The van der Waals surface area contributed by atoms with E-state index in [9.17, 15) is 26.4 Å². The third-order valence-corrected chi connectivity index (χ3v) is 8.34. The van der Waals surface area contributed by atoms with Gasteiger partial charge in [-0.1, -0.05) is 88.7 Å². The molecule has 6 nitrogen and oxygen atoms in total. The normalized spacial score (nSPS) is 11.7. The molecule has 0 unspecified atom stereocenters. The van der Waals surface area contributed by atoms with E-state index in [4.69, 9.17) is 9.47 Å². The fourth-order valence-electron chi connectivity index (χ4n) is 4.29. The zero-order valence-corrected chi connectivity index (χ0v) is 25.1. The molecule has 0 aromatic heterocycles. The van der Waals surface area contributed by atoms with E-state index < -0.39 is 39.5 Å². The van der Waals surface area contributed by atoms with E-state index in [0.29, 0.717) is 10.5 Å². The smallest absolute Gasteiger partial charge is 0.416 e. The van der Waals surface area contributed by atoms with Crippen LogP contribution in [0.2, 0.25) is 0 Å². The highest BCUT2D eigenvalue weighted by molar-refractivity contribution is 9.10. The van der Waals surface area contributed by atoms with Crippen molar-refractivity contribution in [2.24, 2.45) is 0 Å². The van der Waals surface area contributed by atoms with E-state index >= 15 is 0 Å². The van der Waals surface area contributed by atoms with Crippen LogP contribution in [0, 0.1) is 0 Å². The summed E-state index contributed by atoms with van der Waals surface area (Å²) in [6, 6.07) is 32.2. The molecule has 224 valence electrons. The molecular weight excluding hydrogens is 659 g/mol. The number of para-hydroxylation sites is 1. The number of esters is 1. The highest BCUT2D eigenvalue weighted by atomic mass is 79.9. The minimum Gasteiger partial charge on any atom is -0.454 e. The van der Waals surface area contributed by atoms with Gasteiger partial charge < -0.3 is 9.47 Å². The first-order chi connectivity index (χ1) is 21.0. The summed E-state index contributed by atoms with van der Waals surface area (Å²) >= 11 is 3.22. The molecule has 0 saturated carbocycles. The third kappa shape index (κ3) is 7.29. The van der Waals surface area contributed by atoms with E-state index in [1.165, 1.54) is 36.4 Å². The summed E-state index contributed by atoms with van der Waals surface area (Å²) in [5, 5.41) is 0. The molecule has 0 amide bonds. The van der Waals surface area contributed by atoms with Crippen molar-refractivity contribution in [3.8, 4) is 11.5 Å². The summed E-state index contributed by atoms with van der Waals surface area (Å²) in [4.78, 5) is 13.4. The van der Waals surface area contributed by atoms with Gasteiger partial charge in [0.05, 0.1) is 16.1 Å². The highest BCUT2D eigenvalue weighted by Gasteiger charge is 2.32. The minimum atomic E-state index is -4.76. The van der Waals surface area contributed by atoms with E-state index in [-0.39, 0.29) is 22.0 Å². The number of halogens is 4. The Morgan fingerprint density at radius 2 is 1.30 bits per heavy atom. The van der Waals surface area contributed by atoms with Gasteiger partial charge in [-0.15, -0.1) is 0 Å². The van der Waals surface area contributed by atoms with Gasteiger partial charge in [-0.05, 0) is 65.7 Å². The number of hydrogen-bond acceptors (Lipinski definition) is 5. The molecular formula is C33H23BrF3NO5S. The maximum Gasteiger partial charge on any atom is 0.416 e. The Kier molecular flexibility index (Phi) is 9.07. The summed E-state index contributed by atoms with van der Waals surface area (Å²) in [5.74, 6) is -1.08. The largest absolute Gasteiger partial charge is 0.454 e. The van der Waals surface area contributed by atoms with Crippen LogP contribution in [0.15, 0.2) is 137 Å². The molecule has 0 fully saturated rings. The first kappa shape index (κ1) is 30.8. The molecule has 0 aliphatic carbocycles. The summed E-state index contributed by atoms with van der Waals surface area (Å²) in [6.45, 7) is 0. The van der Waals surface area contributed by atoms with E-state index in [1.54, 1.807) is 12.1 Å². The van der Waals surface area contributed by atoms with Gasteiger partial charge in [-0.2, -0.15) is 13.2 Å². The number of hydrogen-bond donors (Lipinski definition) is 1. The molecule has 0 bridgehead atoms. The lowest BCUT2D eigenvalue weighted by atomic mass is 10.0. The Morgan fingerprint density at radius 3 is 1.89 bits per heavy atom. The van der Waals surface area contributed by atoms with Crippen LogP contribution in [0.3, 0.4) is 0 Å². The average Bonchev–Trinajstić information content (AvgIpc) is 3.01. The average molecular weight is 683 g/mol. The Bertz CT molecular complexity index is 1830. The lowest BCUT2D eigenvalue weighted by Gasteiger charge is -2.20. The van der Waals surface area contributed by atoms with Crippen molar-refractivity contribution in [2.45, 2.75) is 17.2 Å². The number of nitrogens with one attached hydrogen (secondary N) is 1. The van der Waals surface area contributed by atoms with Crippen molar-refractivity contribution in [3.05, 3.63) is 154 Å². The molecule has 0 aliphatic rings. The van der Waals surface area contributed by atoms with Crippen LogP contribution in [0.4, 0.5) is 18.9 Å². The fraction of sp³-hybridized carbons (Fsp3) is 0.0606. The fourth-order valence-corrected chi connectivity index (χ4v) is 5.62. The molecule has 0 spiro atoms. The van der Waals surface area contributed by atoms with Crippen LogP contribution in [-0.2, 0) is 20.9 Å². The van der Waals surface area contributed by atoms with Gasteiger partial charge in [0.2, 0.25) is 0 Å². The lowest BCUT2D eigenvalue weighted by Crippen LogP contribution is -2.15. The van der Waals surface area contributed by atoms with Gasteiger partial charge in [0.1, 0.15) is 11.3 Å². The topological polar surface area (TPSA) is 81.7 Å². The number of rotatable bonds is 9. The second-order valence-electron chi connectivity index (χ2n) is 9.47. The first-order valence-electron chi connectivity index (χ1n) is 13.1. The van der Waals surface area contributed by atoms with Crippen LogP contribution in [0.1, 0.15) is 33.2 Å². The second kappa shape index (κ2) is 12.9. The van der Waals surface area contributed by atoms with Crippen LogP contribution >= 0.6 is 15.9 Å². The zero-order chi connectivity index (χ0) is 31.3. The number of ether oxygens (including phenoxy) is 2. The quantitative estimate of drug-likeness (QED) is 0.157. The number of carbonyl (C=O) groups is 1. The molecule has 11 heteroatoms. The molecule has 5 aromatic carbocycles. The SMILES string of the molecule is O=C(OC(c1ccccc1)c1ccccc1)c1ccccc1Oc1ccc(C(F)(F)F)cc1NS(=O)(=O)c1ccc(Br)cc1. The number of sulfonamides is 1. The molecule has 0 atom stereocenters. The summed E-state index contributed by atoms with van der Waals surface area (Å²) in [5.41, 5.74) is -0.154. The summed E-state index contributed by atoms with van der Waals surface area (Å²) in [7, 11) is -4.32. The standard InChI is InChI=1S/C33H23BrF3NO5S/c34-25-16-18-26(19-17-25)44(40,41)38-28-21-24(33(35,36)37)15-20-30(28)42-29-14-8-7-13-27(29)32(39)43-31(22-9-3-1-4-10-22)23-11-5-2-6-12-23/h1-21,31,38H. The number of benzene rings is 5. The maximum atomic E-state index is 13.6. The van der Waals surface area contributed by atoms with Crippen LogP contribution in [-0.4, -0.2) is 14.4 Å². The van der Waals surface area contributed by atoms with Crippen molar-refractivity contribution < 1.29 is 35.9 Å². The van der Waals surface area contributed by atoms with Crippen molar-refractivity contribution >= 4 is 37.6 Å². The molecule has 0 aliphatic heterocycles. The van der Waals surface area contributed by atoms with Crippen LogP contribution < -0.4 is 9.46 Å². The molecule has 0 saturated heterocycles. The molecule has 1 N–H and O–H groups in total. The van der Waals surface area contributed by atoms with Crippen molar-refractivity contribution in [3.63, 3.8) is 0 Å². The highest BCUT2D eigenvalue weighted by Crippen LogP contribution is 2.39. The van der Waals surface area contributed by atoms with Gasteiger partial charge in [0.25, 0.3) is 10.0 Å². The zero-order valence-electron chi connectivity index (χ0n) is 22.7. The van der Waals surface area contributed by atoms with Gasteiger partial charge in [0, 0.05) is 4.47 Å². The minimum absolute atomic E-state index is 0.0222. The maximum absolute atomic E-state index is 13.6. The predicted molar refractivity (Wildman–Crippen MR) is 163 cm³/mol. The monoisotopic (exact) mass is 681 g/mol. The van der Waals surface area contributed by atoms with Crippen molar-refractivity contribution in [1.29, 1.82) is 0 Å². The molecule has 5 rings (SSSR count). The second-order valence-corrected chi connectivity index (χ2v) is 12.1. The molecule has 0 radical (unpaired) electrons. The van der Waals surface area contributed by atoms with Crippen LogP contribution in [0.25, 0.3) is 0 Å². The number of anilines is 1. The van der Waals surface area contributed by atoms with E-state index in [1.807, 2.05) is 60.7 Å². The molecule has 44 heavy (non-hydrogen) atoms. The van der Waals surface area contributed by atoms with Crippen LogP contribution in [0.5, 0.6) is 11.5 Å². The molecule has 5 aromatic rings. The van der Waals surface area contributed by atoms with Gasteiger partial charge in [-0.25, -0.2) is 13.2 Å². The predicted octanol–water partition coefficient (Wildman–Crippen LogP) is 9.01. The van der Waals surface area contributed by atoms with Gasteiger partial charge in [-0.3, -0.25) is 4.72 Å². The Labute approximate surface area is 260 Å². The lowest BCUT2D eigenvalue weighted by molar-refractivity contribution is -0.137. The number of carbonyl (C=O) groups excluding carboxylic acids is 1. The first-order valence-corrected chi connectivity index (χ1v) is 15.4. The van der Waals surface area contributed by atoms with Crippen molar-refractivity contribution in [2.75, 3.05) is 4.72 Å². The number of alkyl halides is 3.